The van der Waals surface area contributed by atoms with Gasteiger partial charge in [0, 0.05) is 18.2 Å². The number of hydrogen-bond donors (Lipinski definition) is 0. The zero-order valence-electron chi connectivity index (χ0n) is 12.3. The molecule has 2 aromatic rings. The van der Waals surface area contributed by atoms with Crippen molar-refractivity contribution in [3.8, 4) is 0 Å². The Balaban J connectivity index is 0.00000161. The lowest BCUT2D eigenvalue weighted by molar-refractivity contribution is -0.518. The number of aryl methyl sites for hydroxylation is 1. The van der Waals surface area contributed by atoms with Gasteiger partial charge in [-0.05, 0) is 19.1 Å². The van der Waals surface area contributed by atoms with Crippen LogP contribution in [0.1, 0.15) is 28.7 Å². The number of halogens is 1. The summed E-state index contributed by atoms with van der Waals surface area (Å²) < 4.78 is 4.50. The van der Waals surface area contributed by atoms with Crippen LogP contribution in [0.15, 0.2) is 42.5 Å². The van der Waals surface area contributed by atoms with Crippen molar-refractivity contribution < 1.29 is 26.4 Å². The van der Waals surface area contributed by atoms with E-state index >= 15 is 0 Å². The van der Waals surface area contributed by atoms with E-state index in [0.29, 0.717) is 6.54 Å². The van der Waals surface area contributed by atoms with Crippen molar-refractivity contribution in [3.05, 3.63) is 59.4 Å². The fourth-order valence-electron chi connectivity index (χ4n) is 2.82. The molecular formula is C17H19BrN2O. The van der Waals surface area contributed by atoms with Crippen LogP contribution in [0.5, 0.6) is 0 Å². The first-order valence-electron chi connectivity index (χ1n) is 7.00. The second kappa shape index (κ2) is 6.39. The third-order valence-corrected chi connectivity index (χ3v) is 4.07. The molecular weight excluding hydrogens is 328 g/mol. The lowest BCUT2D eigenvalue weighted by atomic mass is 10.1. The number of nitrogens with zero attached hydrogens (tertiary/aromatic N) is 2. The van der Waals surface area contributed by atoms with Crippen molar-refractivity contribution in [1.82, 2.24) is 4.57 Å². The monoisotopic (exact) mass is 346 g/mol. The highest BCUT2D eigenvalue weighted by Gasteiger charge is 2.25. The van der Waals surface area contributed by atoms with Crippen LogP contribution in [-0.4, -0.2) is 33.7 Å². The molecule has 3 nitrogen and oxygen atoms in total. The fraction of sp³-hybridized carbons (Fsp3) is 0.294. The lowest BCUT2D eigenvalue weighted by Gasteiger charge is -2.17. The summed E-state index contributed by atoms with van der Waals surface area (Å²) in [6.45, 7) is 6.53. The minimum absolute atomic E-state index is 0. The molecule has 1 aliphatic rings. The van der Waals surface area contributed by atoms with Gasteiger partial charge in [0.05, 0.1) is 6.54 Å². The molecule has 0 aliphatic carbocycles. The Labute approximate surface area is 135 Å². The minimum atomic E-state index is 0. The molecule has 0 atom stereocenters. The van der Waals surface area contributed by atoms with Crippen molar-refractivity contribution in [3.63, 3.8) is 0 Å². The summed E-state index contributed by atoms with van der Waals surface area (Å²) in [5, 5.41) is 0. The molecule has 0 N–H and O–H groups in total. The Hall–Kier alpha value is -1.68. The summed E-state index contributed by atoms with van der Waals surface area (Å²) in [6, 6.07) is 13.8. The van der Waals surface area contributed by atoms with Crippen LogP contribution >= 0.6 is 0 Å². The average Bonchev–Trinajstić information content (AvgIpc) is 2.85. The van der Waals surface area contributed by atoms with E-state index in [9.17, 15) is 4.79 Å². The van der Waals surface area contributed by atoms with E-state index in [1.165, 1.54) is 17.1 Å². The van der Waals surface area contributed by atoms with Crippen LogP contribution in [-0.2, 0) is 6.54 Å². The number of carbonyl (C=O) groups is 1. The van der Waals surface area contributed by atoms with Crippen molar-refractivity contribution in [2.75, 3.05) is 13.1 Å². The second-order valence-corrected chi connectivity index (χ2v) is 5.31. The SMILES string of the molecule is CC1=[N+](CC(=O)c2ccccc2)CCn2c(C)ccc21.[Br-]. The molecule has 1 aromatic carbocycles. The van der Waals surface area contributed by atoms with Crippen LogP contribution in [0.25, 0.3) is 0 Å². The zero-order valence-corrected chi connectivity index (χ0v) is 13.9. The molecule has 110 valence electrons. The lowest BCUT2D eigenvalue weighted by Crippen LogP contribution is -3.00. The highest BCUT2D eigenvalue weighted by atomic mass is 79.9. The first kappa shape index (κ1) is 15.7. The highest BCUT2D eigenvalue weighted by Crippen LogP contribution is 2.14. The standard InChI is InChI=1S/C17H19N2O.BrH/c1-13-8-9-16-14(2)18(10-11-19(13)16)12-17(20)15-6-4-3-5-7-15;/h3-9H,10-12H2,1-2H3;1H/q+1;/p-1. The zero-order chi connectivity index (χ0) is 14.1. The number of ketones is 1. The van der Waals surface area contributed by atoms with E-state index in [0.717, 1.165) is 18.7 Å². The predicted octanol–water partition coefficient (Wildman–Crippen LogP) is -0.481. The van der Waals surface area contributed by atoms with Crippen molar-refractivity contribution in [1.29, 1.82) is 0 Å². The summed E-state index contributed by atoms with van der Waals surface area (Å²) in [7, 11) is 0. The Bertz CT molecular complexity index is 686. The van der Waals surface area contributed by atoms with Gasteiger partial charge in [-0.2, -0.15) is 0 Å². The van der Waals surface area contributed by atoms with E-state index in [1.807, 2.05) is 30.3 Å². The molecule has 0 saturated carbocycles. The molecule has 0 fully saturated rings. The molecule has 0 radical (unpaired) electrons. The Morgan fingerprint density at radius 3 is 2.57 bits per heavy atom. The molecule has 0 spiro atoms. The summed E-state index contributed by atoms with van der Waals surface area (Å²) in [6.07, 6.45) is 0. The Morgan fingerprint density at radius 2 is 1.86 bits per heavy atom. The largest absolute Gasteiger partial charge is 1.00 e. The minimum Gasteiger partial charge on any atom is -1.00 e. The van der Waals surface area contributed by atoms with Gasteiger partial charge in [-0.1, -0.05) is 30.3 Å². The second-order valence-electron chi connectivity index (χ2n) is 5.31. The molecule has 0 saturated heterocycles. The number of fused-ring (bicyclic) bond motifs is 1. The van der Waals surface area contributed by atoms with E-state index in [4.69, 9.17) is 0 Å². The third kappa shape index (κ3) is 3.00. The molecule has 2 heterocycles. The molecule has 1 aliphatic heterocycles. The summed E-state index contributed by atoms with van der Waals surface area (Å²) in [4.78, 5) is 12.3. The predicted molar refractivity (Wildman–Crippen MR) is 79.7 cm³/mol. The third-order valence-electron chi connectivity index (χ3n) is 4.07. The number of aromatic nitrogens is 1. The van der Waals surface area contributed by atoms with E-state index in [1.54, 1.807) is 0 Å². The molecule has 1 aromatic heterocycles. The molecule has 0 amide bonds. The highest BCUT2D eigenvalue weighted by molar-refractivity contribution is 5.99. The van der Waals surface area contributed by atoms with Crippen LogP contribution in [0.2, 0.25) is 0 Å². The van der Waals surface area contributed by atoms with Crippen LogP contribution < -0.4 is 17.0 Å². The first-order chi connectivity index (χ1) is 9.66. The Kier molecular flexibility index (Phi) is 4.78. The Morgan fingerprint density at radius 1 is 1.14 bits per heavy atom. The van der Waals surface area contributed by atoms with Gasteiger partial charge >= 0.3 is 0 Å². The maximum Gasteiger partial charge on any atom is 0.227 e. The van der Waals surface area contributed by atoms with E-state index < -0.39 is 0 Å². The summed E-state index contributed by atoms with van der Waals surface area (Å²) >= 11 is 0. The number of carbonyl (C=O) groups excluding carboxylic acids is 1. The quantitative estimate of drug-likeness (QED) is 0.544. The summed E-state index contributed by atoms with van der Waals surface area (Å²) in [5.41, 5.74) is 4.49. The normalized spacial score (nSPS) is 13.6. The van der Waals surface area contributed by atoms with Crippen molar-refractivity contribution >= 4 is 11.5 Å². The van der Waals surface area contributed by atoms with Crippen molar-refractivity contribution in [2.24, 2.45) is 0 Å². The fourth-order valence-corrected chi connectivity index (χ4v) is 2.82. The molecule has 0 bridgehead atoms. The van der Waals surface area contributed by atoms with Crippen molar-refractivity contribution in [2.45, 2.75) is 20.4 Å². The van der Waals surface area contributed by atoms with E-state index in [2.05, 4.69) is 35.1 Å². The van der Waals surface area contributed by atoms with Gasteiger partial charge in [0.2, 0.25) is 12.3 Å². The average molecular weight is 347 g/mol. The smallest absolute Gasteiger partial charge is 0.227 e. The summed E-state index contributed by atoms with van der Waals surface area (Å²) in [5.74, 6) is 0.182. The van der Waals surface area contributed by atoms with Gasteiger partial charge in [-0.15, -0.1) is 0 Å². The molecule has 3 rings (SSSR count). The number of benzene rings is 1. The van der Waals surface area contributed by atoms with Crippen LogP contribution in [0.4, 0.5) is 0 Å². The molecule has 21 heavy (non-hydrogen) atoms. The van der Waals surface area contributed by atoms with Gasteiger partial charge in [-0.3, -0.25) is 4.79 Å². The maximum atomic E-state index is 12.3. The number of hydrogen-bond acceptors (Lipinski definition) is 1. The molecule has 0 unspecified atom stereocenters. The molecule has 4 heteroatoms. The van der Waals surface area contributed by atoms with Gasteiger partial charge in [0.25, 0.3) is 0 Å². The number of rotatable bonds is 3. The van der Waals surface area contributed by atoms with Crippen LogP contribution in [0, 0.1) is 6.92 Å². The van der Waals surface area contributed by atoms with Crippen LogP contribution in [0.3, 0.4) is 0 Å². The van der Waals surface area contributed by atoms with E-state index in [-0.39, 0.29) is 22.8 Å². The van der Waals surface area contributed by atoms with Gasteiger partial charge in [0.15, 0.2) is 12.3 Å². The topological polar surface area (TPSA) is 25.0 Å². The van der Waals surface area contributed by atoms with Gasteiger partial charge < -0.3 is 21.5 Å². The maximum absolute atomic E-state index is 12.3. The van der Waals surface area contributed by atoms with Gasteiger partial charge in [0.1, 0.15) is 5.69 Å². The number of Topliss-reactive ketones (excluding diaryl/α,β-unsaturated/α-hetero) is 1. The van der Waals surface area contributed by atoms with Gasteiger partial charge in [-0.25, -0.2) is 4.58 Å². The first-order valence-corrected chi connectivity index (χ1v) is 7.00.